The number of carbonyl (C=O) groups excluding carboxylic acids is 2. The molecule has 1 aliphatic rings. The van der Waals surface area contributed by atoms with Crippen LogP contribution in [0.25, 0.3) is 11.1 Å². The van der Waals surface area contributed by atoms with Gasteiger partial charge in [0, 0.05) is 49.0 Å². The van der Waals surface area contributed by atoms with Gasteiger partial charge in [-0.05, 0) is 48.2 Å². The summed E-state index contributed by atoms with van der Waals surface area (Å²) in [5, 5.41) is 0. The molecule has 34 heavy (non-hydrogen) atoms. The summed E-state index contributed by atoms with van der Waals surface area (Å²) in [4.78, 5) is 29.9. The van der Waals surface area contributed by atoms with Gasteiger partial charge in [-0.3, -0.25) is 9.59 Å². The summed E-state index contributed by atoms with van der Waals surface area (Å²) in [5.74, 6) is 0.829. The summed E-state index contributed by atoms with van der Waals surface area (Å²) >= 11 is 0. The van der Waals surface area contributed by atoms with Crippen LogP contribution >= 0.6 is 0 Å². The lowest BCUT2D eigenvalue weighted by Crippen LogP contribution is -2.38. The Morgan fingerprint density at radius 2 is 1.82 bits per heavy atom. The molecule has 1 amide bonds. The summed E-state index contributed by atoms with van der Waals surface area (Å²) in [5.41, 5.74) is 4.94. The van der Waals surface area contributed by atoms with Gasteiger partial charge in [0.25, 0.3) is 5.91 Å². The van der Waals surface area contributed by atoms with E-state index in [1.54, 1.807) is 6.92 Å². The van der Waals surface area contributed by atoms with Crippen LogP contribution in [0.5, 0.6) is 0 Å². The standard InChI is InChI=1S/C25H21F4N3O2/c1-3-23(31-14-15(2)30)20-6-4-16(12-22(20)26)19-7-5-17(25(27,28)29)13-21(19)24(34)32-10-8-18(33)9-11-32/h1,4-7,12-14H,8-11,30H2,2H3/b15-14+,31-23?. The van der Waals surface area contributed by atoms with E-state index in [-0.39, 0.29) is 59.7 Å². The Kier molecular flexibility index (Phi) is 7.20. The molecule has 0 radical (unpaired) electrons. The summed E-state index contributed by atoms with van der Waals surface area (Å²) in [7, 11) is 0. The highest BCUT2D eigenvalue weighted by Gasteiger charge is 2.33. The molecule has 2 N–H and O–H groups in total. The molecular formula is C25H21F4N3O2. The number of benzene rings is 2. The van der Waals surface area contributed by atoms with E-state index in [9.17, 15) is 27.2 Å². The van der Waals surface area contributed by atoms with Gasteiger partial charge in [0.05, 0.1) is 5.56 Å². The molecule has 176 valence electrons. The van der Waals surface area contributed by atoms with Gasteiger partial charge in [-0.25, -0.2) is 9.38 Å². The van der Waals surface area contributed by atoms with Crippen LogP contribution in [0.2, 0.25) is 0 Å². The SMILES string of the molecule is C#CC(=N/C=C(\C)N)c1ccc(-c2ccc(C(F)(F)F)cc2C(=O)N2CCC(=O)CC2)cc1F. The summed E-state index contributed by atoms with van der Waals surface area (Å²) in [6, 6.07) is 6.60. The van der Waals surface area contributed by atoms with Gasteiger partial charge in [0.15, 0.2) is 0 Å². The maximum absolute atomic E-state index is 15.0. The predicted octanol–water partition coefficient (Wildman–Crippen LogP) is 4.56. The van der Waals surface area contributed by atoms with Crippen LogP contribution in [-0.2, 0) is 11.0 Å². The van der Waals surface area contributed by atoms with Crippen molar-refractivity contribution in [3.8, 4) is 23.5 Å². The molecule has 1 aliphatic heterocycles. The number of alkyl halides is 3. The number of rotatable bonds is 4. The highest BCUT2D eigenvalue weighted by atomic mass is 19.4. The summed E-state index contributed by atoms with van der Waals surface area (Å²) < 4.78 is 55.0. The van der Waals surface area contributed by atoms with Crippen LogP contribution in [0, 0.1) is 18.2 Å². The van der Waals surface area contributed by atoms with Crippen LogP contribution in [0.4, 0.5) is 17.6 Å². The maximum Gasteiger partial charge on any atom is 0.416 e. The third kappa shape index (κ3) is 5.52. The van der Waals surface area contributed by atoms with Crippen molar-refractivity contribution in [3.63, 3.8) is 0 Å². The number of likely N-dealkylation sites (tertiary alicyclic amines) is 1. The van der Waals surface area contributed by atoms with Crippen LogP contribution in [0.1, 0.15) is 41.3 Å². The first-order chi connectivity index (χ1) is 16.0. The third-order valence-corrected chi connectivity index (χ3v) is 5.25. The average Bonchev–Trinajstić information content (AvgIpc) is 2.79. The number of nitrogens with two attached hydrogens (primary N) is 1. The number of ketones is 1. The van der Waals surface area contributed by atoms with Crippen molar-refractivity contribution in [2.75, 3.05) is 13.1 Å². The highest BCUT2D eigenvalue weighted by Crippen LogP contribution is 2.35. The number of piperidine rings is 1. The number of aliphatic imine (C=N–C) groups is 1. The Morgan fingerprint density at radius 3 is 2.38 bits per heavy atom. The van der Waals surface area contributed by atoms with Crippen LogP contribution < -0.4 is 5.73 Å². The molecule has 5 nitrogen and oxygen atoms in total. The molecule has 0 unspecified atom stereocenters. The van der Waals surface area contributed by atoms with Gasteiger partial charge in [-0.2, -0.15) is 13.2 Å². The minimum absolute atomic E-state index is 0.00178. The van der Waals surface area contributed by atoms with Crippen molar-refractivity contribution < 1.29 is 27.2 Å². The van der Waals surface area contributed by atoms with Gasteiger partial charge in [0.1, 0.15) is 17.3 Å². The molecule has 1 saturated heterocycles. The van der Waals surface area contributed by atoms with E-state index in [1.165, 1.54) is 23.2 Å². The zero-order valence-corrected chi connectivity index (χ0v) is 18.2. The van der Waals surface area contributed by atoms with E-state index in [0.29, 0.717) is 5.70 Å². The van der Waals surface area contributed by atoms with Crippen molar-refractivity contribution >= 4 is 17.4 Å². The number of hydrogen-bond donors (Lipinski definition) is 1. The number of halogens is 4. The topological polar surface area (TPSA) is 75.8 Å². The van der Waals surface area contributed by atoms with Gasteiger partial charge in [-0.1, -0.05) is 12.1 Å². The lowest BCUT2D eigenvalue weighted by molar-refractivity contribution is -0.137. The second-order valence-corrected chi connectivity index (χ2v) is 7.78. The molecule has 0 bridgehead atoms. The number of hydrogen-bond acceptors (Lipinski definition) is 4. The Morgan fingerprint density at radius 1 is 1.15 bits per heavy atom. The van der Waals surface area contributed by atoms with Gasteiger partial charge >= 0.3 is 6.18 Å². The van der Waals surface area contributed by atoms with Crippen molar-refractivity contribution in [2.45, 2.75) is 25.9 Å². The van der Waals surface area contributed by atoms with Crippen molar-refractivity contribution in [3.05, 3.63) is 70.8 Å². The second-order valence-electron chi connectivity index (χ2n) is 7.78. The normalized spacial score (nSPS) is 15.3. The first-order valence-electron chi connectivity index (χ1n) is 10.3. The smallest absolute Gasteiger partial charge is 0.401 e. The second kappa shape index (κ2) is 9.91. The lowest BCUT2D eigenvalue weighted by atomic mass is 9.94. The fourth-order valence-electron chi connectivity index (χ4n) is 3.50. The van der Waals surface area contributed by atoms with E-state index in [2.05, 4.69) is 10.9 Å². The van der Waals surface area contributed by atoms with E-state index < -0.39 is 23.5 Å². The molecule has 0 aromatic heterocycles. The Balaban J connectivity index is 2.08. The lowest BCUT2D eigenvalue weighted by Gasteiger charge is -2.27. The van der Waals surface area contributed by atoms with Gasteiger partial charge in [0.2, 0.25) is 0 Å². The monoisotopic (exact) mass is 471 g/mol. The van der Waals surface area contributed by atoms with Gasteiger partial charge in [-0.15, -0.1) is 6.42 Å². The van der Waals surface area contributed by atoms with E-state index in [4.69, 9.17) is 12.2 Å². The molecule has 0 aliphatic carbocycles. The third-order valence-electron chi connectivity index (χ3n) is 5.25. The quantitative estimate of drug-likeness (QED) is 0.404. The van der Waals surface area contributed by atoms with Crippen molar-refractivity contribution in [2.24, 2.45) is 10.7 Å². The van der Waals surface area contributed by atoms with Crippen LogP contribution in [0.15, 0.2) is 53.3 Å². The molecule has 1 fully saturated rings. The summed E-state index contributed by atoms with van der Waals surface area (Å²) in [6.45, 7) is 1.80. The highest BCUT2D eigenvalue weighted by molar-refractivity contribution is 6.13. The van der Waals surface area contributed by atoms with E-state index >= 15 is 0 Å². The minimum atomic E-state index is -4.67. The zero-order valence-electron chi connectivity index (χ0n) is 18.2. The number of nitrogens with zero attached hydrogens (tertiary/aromatic N) is 2. The largest absolute Gasteiger partial charge is 0.416 e. The molecule has 9 heteroatoms. The van der Waals surface area contributed by atoms with Crippen LogP contribution in [-0.4, -0.2) is 35.4 Å². The molecular weight excluding hydrogens is 450 g/mol. The fraction of sp³-hybridized carbons (Fsp3) is 0.240. The van der Waals surface area contributed by atoms with E-state index in [1.807, 2.05) is 0 Å². The number of carbonyl (C=O) groups is 2. The molecule has 3 rings (SSSR count). The molecule has 0 spiro atoms. The predicted molar refractivity (Wildman–Crippen MR) is 120 cm³/mol. The molecule has 0 saturated carbocycles. The zero-order chi connectivity index (χ0) is 25.0. The molecule has 0 atom stereocenters. The number of Topliss-reactive ketones (excluding diaryl/α,β-unsaturated/α-hetero) is 1. The first-order valence-corrected chi connectivity index (χ1v) is 10.3. The minimum Gasteiger partial charge on any atom is -0.401 e. The number of allylic oxidation sites excluding steroid dienone is 1. The number of terminal acetylenes is 1. The average molecular weight is 471 g/mol. The Bertz CT molecular complexity index is 1230. The van der Waals surface area contributed by atoms with Crippen molar-refractivity contribution in [1.82, 2.24) is 4.90 Å². The molecule has 1 heterocycles. The molecule has 2 aromatic carbocycles. The first kappa shape index (κ1) is 24.7. The molecule has 2 aromatic rings. The Labute approximate surface area is 194 Å². The number of amides is 1. The summed E-state index contributed by atoms with van der Waals surface area (Å²) in [6.07, 6.45) is 2.29. The van der Waals surface area contributed by atoms with Crippen molar-refractivity contribution in [1.29, 1.82) is 0 Å². The van der Waals surface area contributed by atoms with Crippen LogP contribution in [0.3, 0.4) is 0 Å². The fourth-order valence-corrected chi connectivity index (χ4v) is 3.50. The van der Waals surface area contributed by atoms with E-state index in [0.717, 1.165) is 24.3 Å². The maximum atomic E-state index is 15.0. The Hall–Kier alpha value is -3.93. The van der Waals surface area contributed by atoms with Gasteiger partial charge < -0.3 is 10.6 Å².